The Hall–Kier alpha value is -1.72. The number of hydrogen-bond donors (Lipinski definition) is 2. The van der Waals surface area contributed by atoms with Crippen LogP contribution in [0, 0.1) is 17.8 Å². The summed E-state index contributed by atoms with van der Waals surface area (Å²) in [7, 11) is -6.52. The molecule has 0 heterocycles. The molecule has 0 aromatic heterocycles. The first-order valence-corrected chi connectivity index (χ1v) is 15.6. The highest BCUT2D eigenvalue weighted by atomic mass is 32.2. The number of nitrogens with one attached hydrogen (secondary N) is 1. The number of fused-ring (bicyclic) bond motifs is 2. The fourth-order valence-corrected chi connectivity index (χ4v) is 7.64. The van der Waals surface area contributed by atoms with E-state index in [9.17, 15) is 17.9 Å². The van der Waals surface area contributed by atoms with E-state index in [0.29, 0.717) is 35.2 Å². The lowest BCUT2D eigenvalue weighted by Crippen LogP contribution is -2.43. The van der Waals surface area contributed by atoms with Crippen molar-refractivity contribution in [2.24, 2.45) is 17.8 Å². The second kappa shape index (κ2) is 10.3. The summed E-state index contributed by atoms with van der Waals surface area (Å²) < 4.78 is 40.8. The van der Waals surface area contributed by atoms with E-state index in [1.807, 2.05) is 42.5 Å². The topological polar surface area (TPSA) is 83.5 Å². The Morgan fingerprint density at radius 2 is 1.67 bits per heavy atom. The van der Waals surface area contributed by atoms with Crippen LogP contribution in [0.15, 0.2) is 71.6 Å². The maximum Gasteiger partial charge on any atom is 0.240 e. The van der Waals surface area contributed by atoms with Gasteiger partial charge in [-0.05, 0) is 79.5 Å². The highest BCUT2D eigenvalue weighted by Crippen LogP contribution is 2.50. The van der Waals surface area contributed by atoms with Gasteiger partial charge in [0.15, 0.2) is 7.37 Å². The van der Waals surface area contributed by atoms with Crippen LogP contribution in [0.5, 0.6) is 0 Å². The van der Waals surface area contributed by atoms with Gasteiger partial charge in [-0.15, -0.1) is 0 Å². The second-order valence-corrected chi connectivity index (χ2v) is 13.9. The summed E-state index contributed by atoms with van der Waals surface area (Å²) in [4.78, 5) is 9.71. The Morgan fingerprint density at radius 3 is 2.36 bits per heavy atom. The Balaban J connectivity index is 1.39. The van der Waals surface area contributed by atoms with E-state index in [-0.39, 0.29) is 6.04 Å². The molecule has 0 radical (unpaired) electrons. The van der Waals surface area contributed by atoms with Gasteiger partial charge in [0.2, 0.25) is 10.0 Å². The van der Waals surface area contributed by atoms with Crippen LogP contribution in [-0.2, 0) is 14.6 Å². The Kier molecular flexibility index (Phi) is 7.59. The number of benzene rings is 2. The SMILES string of the molecule is CP(=O)(O)CCC/C=C\CC1C(NS(=O)(=O)c2ccc(-c3ccccc3)cc2)C2CC[C@H]1C2. The molecule has 33 heavy (non-hydrogen) atoms. The molecule has 4 rings (SSSR count). The maximum atomic E-state index is 13.2. The van der Waals surface area contributed by atoms with Gasteiger partial charge in [0, 0.05) is 18.9 Å². The Bertz CT molecular complexity index is 1110. The quantitative estimate of drug-likeness (QED) is 0.257. The normalized spacial score (nSPS) is 26.6. The van der Waals surface area contributed by atoms with E-state index < -0.39 is 17.4 Å². The molecule has 0 spiro atoms. The minimum Gasteiger partial charge on any atom is -0.344 e. The van der Waals surface area contributed by atoms with E-state index in [4.69, 9.17) is 0 Å². The third-order valence-electron chi connectivity index (χ3n) is 7.17. The van der Waals surface area contributed by atoms with Crippen LogP contribution >= 0.6 is 7.37 Å². The number of unbranched alkanes of at least 4 members (excludes halogenated alkanes) is 1. The maximum absolute atomic E-state index is 13.2. The summed E-state index contributed by atoms with van der Waals surface area (Å²) in [6.45, 7) is 1.40. The highest BCUT2D eigenvalue weighted by Gasteiger charge is 2.48. The molecule has 5 atom stereocenters. The average Bonchev–Trinajstić information content (AvgIpc) is 3.38. The molecule has 2 bridgehead atoms. The van der Waals surface area contributed by atoms with E-state index in [0.717, 1.165) is 36.8 Å². The average molecular weight is 488 g/mol. The highest BCUT2D eigenvalue weighted by molar-refractivity contribution is 7.89. The lowest BCUT2D eigenvalue weighted by Gasteiger charge is -2.31. The monoisotopic (exact) mass is 487 g/mol. The van der Waals surface area contributed by atoms with Crippen LogP contribution in [-0.4, -0.2) is 32.2 Å². The van der Waals surface area contributed by atoms with Gasteiger partial charge >= 0.3 is 0 Å². The van der Waals surface area contributed by atoms with Crippen LogP contribution in [0.2, 0.25) is 0 Å². The predicted molar refractivity (Wildman–Crippen MR) is 134 cm³/mol. The van der Waals surface area contributed by atoms with Gasteiger partial charge in [-0.25, -0.2) is 13.1 Å². The van der Waals surface area contributed by atoms with Crippen molar-refractivity contribution in [3.8, 4) is 11.1 Å². The van der Waals surface area contributed by atoms with Crippen molar-refractivity contribution in [1.82, 2.24) is 4.72 Å². The molecule has 2 aliphatic carbocycles. The number of allylic oxidation sites excluding steroid dienone is 2. The van der Waals surface area contributed by atoms with E-state index in [1.165, 1.54) is 13.1 Å². The molecular weight excluding hydrogens is 453 g/mol. The number of hydrogen-bond acceptors (Lipinski definition) is 3. The summed E-state index contributed by atoms with van der Waals surface area (Å²) in [5, 5.41) is 0. The zero-order valence-electron chi connectivity index (χ0n) is 19.1. The van der Waals surface area contributed by atoms with Crippen LogP contribution in [0.1, 0.15) is 38.5 Å². The van der Waals surface area contributed by atoms with Gasteiger partial charge in [-0.3, -0.25) is 4.57 Å². The van der Waals surface area contributed by atoms with Crippen LogP contribution in [0.3, 0.4) is 0 Å². The minimum atomic E-state index is -3.59. The van der Waals surface area contributed by atoms with Crippen LogP contribution in [0.4, 0.5) is 0 Å². The molecule has 2 fully saturated rings. The van der Waals surface area contributed by atoms with Crippen molar-refractivity contribution in [3.63, 3.8) is 0 Å². The summed E-state index contributed by atoms with van der Waals surface area (Å²) in [6.07, 6.45) is 10.3. The minimum absolute atomic E-state index is 0.0273. The van der Waals surface area contributed by atoms with Gasteiger partial charge in [0.1, 0.15) is 0 Å². The summed E-state index contributed by atoms with van der Waals surface area (Å²) in [5.41, 5.74) is 2.06. The van der Waals surface area contributed by atoms with E-state index in [1.54, 1.807) is 12.1 Å². The zero-order valence-corrected chi connectivity index (χ0v) is 20.8. The first-order valence-electron chi connectivity index (χ1n) is 11.8. The fraction of sp³-hybridized carbons (Fsp3) is 0.462. The zero-order chi connectivity index (χ0) is 23.5. The van der Waals surface area contributed by atoms with Crippen molar-refractivity contribution >= 4 is 17.4 Å². The molecule has 2 aromatic carbocycles. The molecule has 2 aliphatic rings. The van der Waals surface area contributed by atoms with Gasteiger partial charge in [0.25, 0.3) is 0 Å². The van der Waals surface area contributed by atoms with Gasteiger partial charge < -0.3 is 4.89 Å². The number of rotatable bonds is 10. The first kappa shape index (κ1) is 24.4. The molecule has 0 aliphatic heterocycles. The molecule has 2 N–H and O–H groups in total. The standard InChI is InChI=1S/C26H34NO4PS/c1-32(28,29)18-8-3-2-7-11-25-22-12-13-23(19-22)26(25)27-33(30,31)24-16-14-21(15-17-24)20-9-5-4-6-10-20/h2,4-7,9-10,14-17,22-23,25-27H,3,8,11-13,18-19H2,1H3,(H,28,29)/b7-2-/t22-,23?,25?,26?/m0/s1. The van der Waals surface area contributed by atoms with E-state index in [2.05, 4.69) is 16.9 Å². The van der Waals surface area contributed by atoms with Crippen LogP contribution < -0.4 is 4.72 Å². The smallest absolute Gasteiger partial charge is 0.240 e. The predicted octanol–water partition coefficient (Wildman–Crippen LogP) is 5.67. The van der Waals surface area contributed by atoms with Crippen molar-refractivity contribution in [1.29, 1.82) is 0 Å². The summed E-state index contributed by atoms with van der Waals surface area (Å²) in [6, 6.07) is 17.0. The van der Waals surface area contributed by atoms with Crippen molar-refractivity contribution in [2.75, 3.05) is 12.8 Å². The van der Waals surface area contributed by atoms with Crippen LogP contribution in [0.25, 0.3) is 11.1 Å². The Labute approximate surface area is 197 Å². The van der Waals surface area contributed by atoms with Gasteiger partial charge in [0.05, 0.1) is 4.90 Å². The third-order valence-corrected chi connectivity index (χ3v) is 9.79. The fourth-order valence-electron chi connectivity index (χ4n) is 5.51. The van der Waals surface area contributed by atoms with Crippen molar-refractivity contribution in [3.05, 3.63) is 66.7 Å². The summed E-state index contributed by atoms with van der Waals surface area (Å²) >= 11 is 0. The van der Waals surface area contributed by atoms with Crippen molar-refractivity contribution in [2.45, 2.75) is 49.5 Å². The Morgan fingerprint density at radius 1 is 1.00 bits per heavy atom. The van der Waals surface area contributed by atoms with E-state index >= 15 is 0 Å². The molecule has 178 valence electrons. The third kappa shape index (κ3) is 6.24. The first-order chi connectivity index (χ1) is 15.7. The molecule has 0 saturated heterocycles. The number of sulfonamides is 1. The molecular formula is C26H34NO4PS. The van der Waals surface area contributed by atoms with Gasteiger partial charge in [-0.2, -0.15) is 0 Å². The largest absolute Gasteiger partial charge is 0.344 e. The summed E-state index contributed by atoms with van der Waals surface area (Å²) in [5.74, 6) is 1.29. The molecule has 0 amide bonds. The van der Waals surface area contributed by atoms with Crippen molar-refractivity contribution < 1.29 is 17.9 Å². The lowest BCUT2D eigenvalue weighted by atomic mass is 9.83. The molecule has 4 unspecified atom stereocenters. The molecule has 2 saturated carbocycles. The molecule has 7 heteroatoms. The molecule has 2 aromatic rings. The van der Waals surface area contributed by atoms with Gasteiger partial charge in [-0.1, -0.05) is 54.6 Å². The second-order valence-electron chi connectivity index (χ2n) is 9.66. The lowest BCUT2D eigenvalue weighted by molar-refractivity contribution is 0.274. The molecule has 5 nitrogen and oxygen atoms in total.